The Labute approximate surface area is 124 Å². The fraction of sp³-hybridized carbons (Fsp3) is 0.600. The van der Waals surface area contributed by atoms with Gasteiger partial charge in [0.25, 0.3) is 0 Å². The molecule has 3 nitrogen and oxygen atoms in total. The van der Waals surface area contributed by atoms with Gasteiger partial charge in [-0.05, 0) is 43.0 Å². The highest BCUT2D eigenvalue weighted by molar-refractivity contribution is 7.90. The molecule has 0 N–H and O–H groups in total. The van der Waals surface area contributed by atoms with Crippen molar-refractivity contribution in [3.05, 3.63) is 24.3 Å². The zero-order chi connectivity index (χ0) is 14.6. The summed E-state index contributed by atoms with van der Waals surface area (Å²) in [5.41, 5.74) is 0. The van der Waals surface area contributed by atoms with Gasteiger partial charge in [0.2, 0.25) is 0 Å². The van der Waals surface area contributed by atoms with Gasteiger partial charge in [-0.2, -0.15) is 0 Å². The van der Waals surface area contributed by atoms with Crippen molar-refractivity contribution in [1.29, 1.82) is 0 Å². The maximum absolute atomic E-state index is 12.1. The molecule has 1 saturated carbocycles. The van der Waals surface area contributed by atoms with Gasteiger partial charge in [-0.3, -0.25) is 4.21 Å². The Morgan fingerprint density at radius 3 is 2.30 bits per heavy atom. The Hall–Kier alpha value is -0.680. The van der Waals surface area contributed by atoms with E-state index in [4.69, 9.17) is 0 Å². The molecule has 1 aliphatic carbocycles. The Kier molecular flexibility index (Phi) is 5.38. The first kappa shape index (κ1) is 15.7. The Morgan fingerprint density at radius 1 is 1.15 bits per heavy atom. The molecule has 0 amide bonds. The van der Waals surface area contributed by atoms with Crippen LogP contribution in [0.25, 0.3) is 0 Å². The van der Waals surface area contributed by atoms with Crippen LogP contribution in [0.5, 0.6) is 0 Å². The van der Waals surface area contributed by atoms with Crippen LogP contribution in [-0.4, -0.2) is 24.6 Å². The van der Waals surface area contributed by atoms with Crippen LogP contribution in [-0.2, 0) is 20.6 Å². The second-order valence-corrected chi connectivity index (χ2v) is 9.17. The van der Waals surface area contributed by atoms with E-state index in [9.17, 15) is 12.6 Å². The Bertz CT molecular complexity index is 555. The molecule has 20 heavy (non-hydrogen) atoms. The average Bonchev–Trinajstić information content (AvgIpc) is 2.91. The quantitative estimate of drug-likeness (QED) is 0.810. The second-order valence-electron chi connectivity index (χ2n) is 5.59. The lowest BCUT2D eigenvalue weighted by atomic mass is 10.0. The molecule has 0 unspecified atom stereocenters. The van der Waals surface area contributed by atoms with E-state index < -0.39 is 20.6 Å². The summed E-state index contributed by atoms with van der Waals surface area (Å²) in [5.74, 6) is 1.51. The molecule has 0 saturated heterocycles. The molecule has 5 heteroatoms. The van der Waals surface area contributed by atoms with Gasteiger partial charge in [0.1, 0.15) is 0 Å². The summed E-state index contributed by atoms with van der Waals surface area (Å²) in [6.45, 7) is 0. The topological polar surface area (TPSA) is 51.2 Å². The summed E-state index contributed by atoms with van der Waals surface area (Å²) in [5, 5.41) is 0. The molecule has 2 rings (SSSR count). The van der Waals surface area contributed by atoms with Gasteiger partial charge in [0.15, 0.2) is 9.84 Å². The molecule has 112 valence electrons. The first-order chi connectivity index (χ1) is 9.47. The lowest BCUT2D eigenvalue weighted by molar-refractivity contribution is 0.497. The summed E-state index contributed by atoms with van der Waals surface area (Å²) < 4.78 is 34.9. The van der Waals surface area contributed by atoms with E-state index in [1.54, 1.807) is 24.3 Å². The SMILES string of the molecule is CS(=O)(=O)c1ccc([S@@](=O)CCCC2CCCC2)cc1. The fourth-order valence-electron chi connectivity index (χ4n) is 2.76. The van der Waals surface area contributed by atoms with Crippen LogP contribution in [0.3, 0.4) is 0 Å². The summed E-state index contributed by atoms with van der Waals surface area (Å²) in [6, 6.07) is 6.42. The molecule has 0 aromatic heterocycles. The molecule has 1 aliphatic rings. The van der Waals surface area contributed by atoms with Gasteiger partial charge in [-0.1, -0.05) is 25.7 Å². The smallest absolute Gasteiger partial charge is 0.175 e. The number of rotatable bonds is 6. The minimum absolute atomic E-state index is 0.282. The second kappa shape index (κ2) is 6.85. The van der Waals surface area contributed by atoms with Gasteiger partial charge >= 0.3 is 0 Å². The van der Waals surface area contributed by atoms with E-state index in [0.717, 1.165) is 17.2 Å². The predicted octanol–water partition coefficient (Wildman–Crippen LogP) is 3.17. The van der Waals surface area contributed by atoms with Crippen molar-refractivity contribution in [3.8, 4) is 0 Å². The summed E-state index contributed by atoms with van der Waals surface area (Å²) >= 11 is 0. The summed E-state index contributed by atoms with van der Waals surface area (Å²) in [7, 11) is -4.19. The molecule has 1 fully saturated rings. The standard InChI is InChI=1S/C15H22O3S2/c1-20(17,18)15-10-8-14(9-11-15)19(16)12-4-7-13-5-2-3-6-13/h8-11,13H,2-7,12H2,1H3/t19-/m0/s1. The third-order valence-corrected chi connectivity index (χ3v) is 6.52. The van der Waals surface area contributed by atoms with E-state index in [2.05, 4.69) is 0 Å². The van der Waals surface area contributed by atoms with Crippen molar-refractivity contribution in [3.63, 3.8) is 0 Å². The van der Waals surface area contributed by atoms with Crippen molar-refractivity contribution in [1.82, 2.24) is 0 Å². The van der Waals surface area contributed by atoms with E-state index in [1.165, 1.54) is 38.4 Å². The van der Waals surface area contributed by atoms with Crippen molar-refractivity contribution in [2.24, 2.45) is 5.92 Å². The van der Waals surface area contributed by atoms with Crippen LogP contribution >= 0.6 is 0 Å². The fourth-order valence-corrected chi connectivity index (χ4v) is 4.49. The molecule has 0 spiro atoms. The number of hydrogen-bond acceptors (Lipinski definition) is 3. The van der Waals surface area contributed by atoms with Crippen LogP contribution in [0.4, 0.5) is 0 Å². The van der Waals surface area contributed by atoms with Gasteiger partial charge < -0.3 is 0 Å². The molecule has 0 radical (unpaired) electrons. The monoisotopic (exact) mass is 314 g/mol. The van der Waals surface area contributed by atoms with Crippen molar-refractivity contribution in [2.75, 3.05) is 12.0 Å². The third-order valence-electron chi connectivity index (χ3n) is 3.93. The molecule has 0 bridgehead atoms. The maximum Gasteiger partial charge on any atom is 0.175 e. The maximum atomic E-state index is 12.1. The van der Waals surface area contributed by atoms with E-state index >= 15 is 0 Å². The minimum Gasteiger partial charge on any atom is -0.254 e. The molecular weight excluding hydrogens is 292 g/mol. The highest BCUT2D eigenvalue weighted by atomic mass is 32.2. The van der Waals surface area contributed by atoms with Crippen LogP contribution < -0.4 is 0 Å². The van der Waals surface area contributed by atoms with E-state index in [-0.39, 0.29) is 4.90 Å². The molecule has 1 aromatic rings. The van der Waals surface area contributed by atoms with Crippen LogP contribution in [0.1, 0.15) is 38.5 Å². The first-order valence-electron chi connectivity index (χ1n) is 7.15. The summed E-state index contributed by atoms with van der Waals surface area (Å²) in [6.07, 6.45) is 8.70. The molecule has 1 atom stereocenters. The Balaban J connectivity index is 1.85. The lowest BCUT2D eigenvalue weighted by Gasteiger charge is -2.08. The van der Waals surface area contributed by atoms with Gasteiger partial charge in [0.05, 0.1) is 15.7 Å². The van der Waals surface area contributed by atoms with Crippen LogP contribution in [0, 0.1) is 5.92 Å². The highest BCUT2D eigenvalue weighted by Crippen LogP contribution is 2.28. The normalized spacial score (nSPS) is 18.2. The number of hydrogen-bond donors (Lipinski definition) is 0. The Morgan fingerprint density at radius 2 is 1.75 bits per heavy atom. The zero-order valence-corrected chi connectivity index (χ0v) is 13.5. The lowest BCUT2D eigenvalue weighted by Crippen LogP contribution is -2.02. The number of sulfone groups is 1. The van der Waals surface area contributed by atoms with Crippen molar-refractivity contribution < 1.29 is 12.6 Å². The molecular formula is C15H22O3S2. The number of benzene rings is 1. The summed E-state index contributed by atoms with van der Waals surface area (Å²) in [4.78, 5) is 1.01. The highest BCUT2D eigenvalue weighted by Gasteiger charge is 2.15. The molecule has 0 heterocycles. The third kappa shape index (κ3) is 4.42. The first-order valence-corrected chi connectivity index (χ1v) is 10.4. The van der Waals surface area contributed by atoms with Crippen molar-refractivity contribution >= 4 is 20.6 Å². The molecule has 1 aromatic carbocycles. The zero-order valence-electron chi connectivity index (χ0n) is 11.9. The van der Waals surface area contributed by atoms with Crippen molar-refractivity contribution in [2.45, 2.75) is 48.3 Å². The average molecular weight is 314 g/mol. The minimum atomic E-state index is -3.17. The van der Waals surface area contributed by atoms with Gasteiger partial charge in [0, 0.05) is 16.9 Å². The van der Waals surface area contributed by atoms with E-state index in [1.807, 2.05) is 0 Å². The predicted molar refractivity (Wildman–Crippen MR) is 82.0 cm³/mol. The van der Waals surface area contributed by atoms with Gasteiger partial charge in [-0.25, -0.2) is 8.42 Å². The van der Waals surface area contributed by atoms with Crippen LogP contribution in [0.2, 0.25) is 0 Å². The largest absolute Gasteiger partial charge is 0.254 e. The van der Waals surface area contributed by atoms with Crippen LogP contribution in [0.15, 0.2) is 34.1 Å². The van der Waals surface area contributed by atoms with E-state index in [0.29, 0.717) is 5.75 Å². The van der Waals surface area contributed by atoms with Gasteiger partial charge in [-0.15, -0.1) is 0 Å². The molecule has 0 aliphatic heterocycles.